The van der Waals surface area contributed by atoms with Crippen molar-refractivity contribution >= 4 is 17.4 Å². The molecule has 2 aromatic rings. The van der Waals surface area contributed by atoms with Crippen LogP contribution in [0.1, 0.15) is 62.5 Å². The number of carbonyl (C=O) groups excluding carboxylic acids is 1. The van der Waals surface area contributed by atoms with Crippen LogP contribution in [0.3, 0.4) is 0 Å². The minimum Gasteiger partial charge on any atom is -0.355 e. The van der Waals surface area contributed by atoms with Crippen LogP contribution in [-0.2, 0) is 5.41 Å². The van der Waals surface area contributed by atoms with Gasteiger partial charge in [-0.25, -0.2) is 0 Å². The third-order valence-electron chi connectivity index (χ3n) is 4.80. The fourth-order valence-corrected chi connectivity index (χ4v) is 3.35. The van der Waals surface area contributed by atoms with Gasteiger partial charge in [0.25, 0.3) is 5.91 Å². The maximum Gasteiger partial charge on any atom is 0.276 e. The van der Waals surface area contributed by atoms with Gasteiger partial charge in [0, 0.05) is 18.8 Å². The standard InChI is InChI=1S/C21H28N4O/c1-21(2,3)16-10-6-7-11-17(16)22-20(26)18-12-13-19(24-23-18)25-14-8-4-5-9-15-25/h6-7,10-13H,4-5,8-9,14-15H2,1-3H3,(H,22,26). The molecule has 0 radical (unpaired) electrons. The molecule has 0 unspecified atom stereocenters. The number of amides is 1. The second-order valence-corrected chi connectivity index (χ2v) is 7.93. The van der Waals surface area contributed by atoms with Gasteiger partial charge < -0.3 is 10.2 Å². The second-order valence-electron chi connectivity index (χ2n) is 7.93. The molecule has 1 aliphatic rings. The Labute approximate surface area is 155 Å². The normalized spacial score (nSPS) is 15.4. The van der Waals surface area contributed by atoms with E-state index in [4.69, 9.17) is 0 Å². The summed E-state index contributed by atoms with van der Waals surface area (Å²) >= 11 is 0. The number of nitrogens with zero attached hydrogens (tertiary/aromatic N) is 3. The van der Waals surface area contributed by atoms with E-state index in [1.165, 1.54) is 25.7 Å². The molecule has 1 aliphatic heterocycles. The first-order valence-electron chi connectivity index (χ1n) is 9.45. The quantitative estimate of drug-likeness (QED) is 0.889. The molecule has 5 heteroatoms. The van der Waals surface area contributed by atoms with Gasteiger partial charge in [0.2, 0.25) is 0 Å². The maximum absolute atomic E-state index is 12.6. The van der Waals surface area contributed by atoms with E-state index in [2.05, 4.69) is 41.2 Å². The molecule has 5 nitrogen and oxygen atoms in total. The molecular weight excluding hydrogens is 324 g/mol. The van der Waals surface area contributed by atoms with Gasteiger partial charge in [0.05, 0.1) is 0 Å². The zero-order chi connectivity index (χ0) is 18.6. The van der Waals surface area contributed by atoms with Gasteiger partial charge >= 0.3 is 0 Å². The number of nitrogens with one attached hydrogen (secondary N) is 1. The van der Waals surface area contributed by atoms with Gasteiger partial charge in [-0.3, -0.25) is 4.79 Å². The minimum absolute atomic E-state index is 0.0494. The Morgan fingerprint density at radius 2 is 1.65 bits per heavy atom. The number of para-hydroxylation sites is 1. The van der Waals surface area contributed by atoms with Gasteiger partial charge in [0.1, 0.15) is 0 Å². The summed E-state index contributed by atoms with van der Waals surface area (Å²) in [6.45, 7) is 8.42. The average Bonchev–Trinajstić information content (AvgIpc) is 2.91. The van der Waals surface area contributed by atoms with Crippen molar-refractivity contribution in [3.8, 4) is 0 Å². The van der Waals surface area contributed by atoms with Crippen molar-refractivity contribution in [2.45, 2.75) is 51.9 Å². The minimum atomic E-state index is -0.225. The molecule has 0 bridgehead atoms. The molecule has 1 amide bonds. The number of rotatable bonds is 3. The van der Waals surface area contributed by atoms with E-state index in [-0.39, 0.29) is 11.3 Å². The molecule has 3 rings (SSSR count). The summed E-state index contributed by atoms with van der Waals surface area (Å²) in [6.07, 6.45) is 4.93. The summed E-state index contributed by atoms with van der Waals surface area (Å²) in [6, 6.07) is 11.6. The first kappa shape index (κ1) is 18.4. The molecule has 1 aromatic carbocycles. The van der Waals surface area contributed by atoms with E-state index in [9.17, 15) is 4.79 Å². The topological polar surface area (TPSA) is 58.1 Å². The molecule has 1 fully saturated rings. The van der Waals surface area contributed by atoms with Crippen molar-refractivity contribution in [3.05, 3.63) is 47.7 Å². The van der Waals surface area contributed by atoms with Crippen LogP contribution in [0, 0.1) is 0 Å². The zero-order valence-corrected chi connectivity index (χ0v) is 16.0. The number of benzene rings is 1. The first-order valence-corrected chi connectivity index (χ1v) is 9.45. The van der Waals surface area contributed by atoms with Gasteiger partial charge in [-0.15, -0.1) is 10.2 Å². The van der Waals surface area contributed by atoms with E-state index in [0.29, 0.717) is 5.69 Å². The van der Waals surface area contributed by atoms with Crippen molar-refractivity contribution in [1.29, 1.82) is 0 Å². The summed E-state index contributed by atoms with van der Waals surface area (Å²) in [5, 5.41) is 11.4. The SMILES string of the molecule is CC(C)(C)c1ccccc1NC(=O)c1ccc(N2CCCCCC2)nn1. The monoisotopic (exact) mass is 352 g/mol. The van der Waals surface area contributed by atoms with Gasteiger partial charge in [-0.05, 0) is 42.0 Å². The fraction of sp³-hybridized carbons (Fsp3) is 0.476. The Bertz CT molecular complexity index is 741. The molecule has 1 N–H and O–H groups in total. The highest BCUT2D eigenvalue weighted by atomic mass is 16.1. The van der Waals surface area contributed by atoms with Crippen LogP contribution in [0.25, 0.3) is 0 Å². The molecule has 0 saturated carbocycles. The van der Waals surface area contributed by atoms with Gasteiger partial charge in [-0.2, -0.15) is 0 Å². The van der Waals surface area contributed by atoms with E-state index >= 15 is 0 Å². The molecule has 0 atom stereocenters. The lowest BCUT2D eigenvalue weighted by Crippen LogP contribution is -2.26. The van der Waals surface area contributed by atoms with E-state index in [1.54, 1.807) is 6.07 Å². The molecule has 1 saturated heterocycles. The average molecular weight is 352 g/mol. The predicted molar refractivity (Wildman–Crippen MR) is 106 cm³/mol. The fourth-order valence-electron chi connectivity index (χ4n) is 3.35. The van der Waals surface area contributed by atoms with Crippen LogP contribution in [-0.4, -0.2) is 29.2 Å². The van der Waals surface area contributed by atoms with Crippen LogP contribution < -0.4 is 10.2 Å². The number of hydrogen-bond donors (Lipinski definition) is 1. The molecule has 138 valence electrons. The summed E-state index contributed by atoms with van der Waals surface area (Å²) in [4.78, 5) is 14.9. The summed E-state index contributed by atoms with van der Waals surface area (Å²) < 4.78 is 0. The van der Waals surface area contributed by atoms with Crippen molar-refractivity contribution < 1.29 is 4.79 Å². The first-order chi connectivity index (χ1) is 12.4. The Kier molecular flexibility index (Phi) is 5.55. The summed E-state index contributed by atoms with van der Waals surface area (Å²) in [5.74, 6) is 0.634. The molecule has 1 aromatic heterocycles. The Morgan fingerprint density at radius 1 is 0.962 bits per heavy atom. The Morgan fingerprint density at radius 3 is 2.27 bits per heavy atom. The van der Waals surface area contributed by atoms with Crippen LogP contribution in [0.15, 0.2) is 36.4 Å². The molecule has 2 heterocycles. The van der Waals surface area contributed by atoms with E-state index in [0.717, 1.165) is 30.2 Å². The third-order valence-corrected chi connectivity index (χ3v) is 4.80. The summed E-state index contributed by atoms with van der Waals surface area (Å²) in [7, 11) is 0. The van der Waals surface area contributed by atoms with Crippen LogP contribution >= 0.6 is 0 Å². The number of carbonyl (C=O) groups is 1. The van der Waals surface area contributed by atoms with Crippen molar-refractivity contribution in [3.63, 3.8) is 0 Å². The van der Waals surface area contributed by atoms with Gasteiger partial charge in [0.15, 0.2) is 11.5 Å². The highest BCUT2D eigenvalue weighted by Crippen LogP contribution is 2.29. The lowest BCUT2D eigenvalue weighted by atomic mass is 9.86. The molecule has 0 spiro atoms. The summed E-state index contributed by atoms with van der Waals surface area (Å²) in [5.41, 5.74) is 2.21. The van der Waals surface area contributed by atoms with Crippen LogP contribution in [0.2, 0.25) is 0 Å². The lowest BCUT2D eigenvalue weighted by Gasteiger charge is -2.23. The van der Waals surface area contributed by atoms with Crippen LogP contribution in [0.5, 0.6) is 0 Å². The highest BCUT2D eigenvalue weighted by molar-refractivity contribution is 6.03. The van der Waals surface area contributed by atoms with Crippen molar-refractivity contribution in [1.82, 2.24) is 10.2 Å². The maximum atomic E-state index is 12.6. The van der Waals surface area contributed by atoms with Crippen molar-refractivity contribution in [2.24, 2.45) is 0 Å². The molecular formula is C21H28N4O. The zero-order valence-electron chi connectivity index (χ0n) is 16.0. The van der Waals surface area contributed by atoms with Gasteiger partial charge in [-0.1, -0.05) is 51.8 Å². The molecule has 0 aliphatic carbocycles. The number of anilines is 2. The van der Waals surface area contributed by atoms with E-state index < -0.39 is 0 Å². The largest absolute Gasteiger partial charge is 0.355 e. The Balaban J connectivity index is 1.73. The smallest absolute Gasteiger partial charge is 0.276 e. The number of aromatic nitrogens is 2. The third kappa shape index (κ3) is 4.40. The second kappa shape index (κ2) is 7.85. The van der Waals surface area contributed by atoms with Crippen LogP contribution in [0.4, 0.5) is 11.5 Å². The molecule has 26 heavy (non-hydrogen) atoms. The highest BCUT2D eigenvalue weighted by Gasteiger charge is 2.20. The Hall–Kier alpha value is -2.43. The van der Waals surface area contributed by atoms with E-state index in [1.807, 2.05) is 30.3 Å². The predicted octanol–water partition coefficient (Wildman–Crippen LogP) is 4.41. The number of hydrogen-bond acceptors (Lipinski definition) is 4. The van der Waals surface area contributed by atoms with Crippen molar-refractivity contribution in [2.75, 3.05) is 23.3 Å². The lowest BCUT2D eigenvalue weighted by molar-refractivity contribution is 0.102.